The number of benzene rings is 2. The van der Waals surface area contributed by atoms with Crippen molar-refractivity contribution in [3.8, 4) is 23.0 Å². The molecular formula is C18H15BrF2O5. The molecule has 0 aliphatic heterocycles. The molecule has 2 aromatic rings. The van der Waals surface area contributed by atoms with Crippen LogP contribution in [0.5, 0.6) is 23.0 Å². The predicted molar refractivity (Wildman–Crippen MR) is 95.3 cm³/mol. The van der Waals surface area contributed by atoms with Gasteiger partial charge in [0.1, 0.15) is 0 Å². The van der Waals surface area contributed by atoms with E-state index >= 15 is 0 Å². The molecule has 0 saturated carbocycles. The average Bonchev–Trinajstić information content (AvgIpc) is 2.62. The van der Waals surface area contributed by atoms with Crippen molar-refractivity contribution in [1.82, 2.24) is 0 Å². The largest absolute Gasteiger partial charge is 0.503 e. The van der Waals surface area contributed by atoms with Crippen molar-refractivity contribution < 1.29 is 32.9 Å². The zero-order valence-corrected chi connectivity index (χ0v) is 15.4. The summed E-state index contributed by atoms with van der Waals surface area (Å²) < 4.78 is 39.4. The van der Waals surface area contributed by atoms with E-state index in [-0.39, 0.29) is 34.3 Å². The monoisotopic (exact) mass is 428 g/mol. The number of phenols is 1. The maximum Gasteiger partial charge on any atom is 0.387 e. The van der Waals surface area contributed by atoms with Crippen molar-refractivity contribution in [3.05, 3.63) is 52.0 Å². The van der Waals surface area contributed by atoms with Gasteiger partial charge in [0.2, 0.25) is 0 Å². The number of halogens is 3. The summed E-state index contributed by atoms with van der Waals surface area (Å²) in [7, 11) is 2.70. The summed E-state index contributed by atoms with van der Waals surface area (Å²) in [5.41, 5.74) is 0.856. The number of carbonyl (C=O) groups excluding carboxylic acids is 1. The summed E-state index contributed by atoms with van der Waals surface area (Å²) in [4.78, 5) is 12.3. The average molecular weight is 429 g/mol. The summed E-state index contributed by atoms with van der Waals surface area (Å²) in [5.74, 6) is -0.291. The molecular weight excluding hydrogens is 414 g/mol. The molecule has 0 aliphatic rings. The first-order valence-corrected chi connectivity index (χ1v) is 8.06. The van der Waals surface area contributed by atoms with Gasteiger partial charge in [-0.05, 0) is 57.9 Å². The van der Waals surface area contributed by atoms with Crippen LogP contribution in [-0.2, 0) is 0 Å². The fourth-order valence-corrected chi connectivity index (χ4v) is 2.59. The number of methoxy groups -OCH3 is 2. The molecule has 1 N–H and O–H groups in total. The second-order valence-electron chi connectivity index (χ2n) is 5.00. The third-order valence-corrected chi connectivity index (χ3v) is 3.97. The van der Waals surface area contributed by atoms with Crippen LogP contribution >= 0.6 is 15.9 Å². The molecule has 0 bridgehead atoms. The number of aromatic hydroxyl groups is 1. The smallest absolute Gasteiger partial charge is 0.387 e. The van der Waals surface area contributed by atoms with E-state index < -0.39 is 6.61 Å². The lowest BCUT2D eigenvalue weighted by Crippen LogP contribution is -2.04. The molecule has 2 aromatic carbocycles. The van der Waals surface area contributed by atoms with Crippen molar-refractivity contribution in [1.29, 1.82) is 0 Å². The first-order chi connectivity index (χ1) is 12.3. The zero-order chi connectivity index (χ0) is 19.3. The highest BCUT2D eigenvalue weighted by Gasteiger charge is 2.13. The van der Waals surface area contributed by atoms with E-state index in [1.165, 1.54) is 44.6 Å². The first-order valence-electron chi connectivity index (χ1n) is 7.27. The van der Waals surface area contributed by atoms with E-state index in [1.807, 2.05) is 0 Å². The molecule has 0 aromatic heterocycles. The molecule has 0 aliphatic carbocycles. The number of alkyl halides is 2. The SMILES string of the molecule is COc1cc(C(=O)/C=C/c2cc(Br)c(O)c(OC)c2)ccc1OC(F)F. The summed E-state index contributed by atoms with van der Waals surface area (Å²) in [6.07, 6.45) is 2.84. The number of hydrogen-bond acceptors (Lipinski definition) is 5. The number of ether oxygens (including phenoxy) is 3. The minimum absolute atomic E-state index is 0.0265. The molecule has 0 heterocycles. The van der Waals surface area contributed by atoms with Gasteiger partial charge in [0, 0.05) is 5.56 Å². The van der Waals surface area contributed by atoms with Gasteiger partial charge >= 0.3 is 6.61 Å². The Balaban J connectivity index is 2.24. The minimum Gasteiger partial charge on any atom is -0.503 e. The molecule has 0 fully saturated rings. The zero-order valence-electron chi connectivity index (χ0n) is 13.8. The van der Waals surface area contributed by atoms with Gasteiger partial charge in [-0.25, -0.2) is 0 Å². The van der Waals surface area contributed by atoms with E-state index in [1.54, 1.807) is 12.1 Å². The van der Waals surface area contributed by atoms with Crippen LogP contribution in [0.25, 0.3) is 6.08 Å². The standard InChI is InChI=1S/C18H15BrF2O5/c1-24-15-9-11(4-6-14(15)26-18(20)21)13(22)5-3-10-7-12(19)17(23)16(8-10)25-2/h3-9,18,23H,1-2H3/b5-3+. The Labute approximate surface area is 156 Å². The van der Waals surface area contributed by atoms with Gasteiger partial charge in [-0.2, -0.15) is 8.78 Å². The van der Waals surface area contributed by atoms with Gasteiger partial charge in [-0.1, -0.05) is 6.08 Å². The summed E-state index contributed by atoms with van der Waals surface area (Å²) >= 11 is 3.20. The van der Waals surface area contributed by atoms with Crippen molar-refractivity contribution in [2.45, 2.75) is 6.61 Å². The number of ketones is 1. The van der Waals surface area contributed by atoms with Crippen LogP contribution in [0.3, 0.4) is 0 Å². The third kappa shape index (κ3) is 4.72. The Morgan fingerprint density at radius 2 is 1.81 bits per heavy atom. The number of hydrogen-bond donors (Lipinski definition) is 1. The van der Waals surface area contributed by atoms with Crippen LogP contribution in [0, 0.1) is 0 Å². The highest BCUT2D eigenvalue weighted by molar-refractivity contribution is 9.10. The van der Waals surface area contributed by atoms with Crippen molar-refractivity contribution in [2.75, 3.05) is 14.2 Å². The highest BCUT2D eigenvalue weighted by atomic mass is 79.9. The molecule has 0 atom stereocenters. The van der Waals surface area contributed by atoms with Crippen molar-refractivity contribution in [2.24, 2.45) is 0 Å². The van der Waals surface area contributed by atoms with E-state index in [9.17, 15) is 18.7 Å². The molecule has 0 unspecified atom stereocenters. The molecule has 138 valence electrons. The fraction of sp³-hybridized carbons (Fsp3) is 0.167. The number of carbonyl (C=O) groups is 1. The molecule has 26 heavy (non-hydrogen) atoms. The van der Waals surface area contributed by atoms with E-state index in [0.29, 0.717) is 10.0 Å². The van der Waals surface area contributed by atoms with E-state index in [0.717, 1.165) is 0 Å². The maximum atomic E-state index is 12.3. The summed E-state index contributed by atoms with van der Waals surface area (Å²) in [6.45, 7) is -2.99. The Bertz CT molecular complexity index is 837. The van der Waals surface area contributed by atoms with Gasteiger partial charge in [-0.3, -0.25) is 4.79 Å². The Kier molecular flexibility index (Phi) is 6.57. The quantitative estimate of drug-likeness (QED) is 0.512. The van der Waals surface area contributed by atoms with Crippen LogP contribution < -0.4 is 14.2 Å². The van der Waals surface area contributed by atoms with Crippen molar-refractivity contribution in [3.63, 3.8) is 0 Å². The molecule has 5 nitrogen and oxygen atoms in total. The van der Waals surface area contributed by atoms with Gasteiger partial charge in [0.25, 0.3) is 0 Å². The predicted octanol–water partition coefficient (Wildman–Crippen LogP) is 4.67. The number of allylic oxidation sites excluding steroid dienone is 1. The fourth-order valence-electron chi connectivity index (χ4n) is 2.13. The number of rotatable bonds is 7. The Morgan fingerprint density at radius 3 is 2.42 bits per heavy atom. The van der Waals surface area contributed by atoms with E-state index in [2.05, 4.69) is 20.7 Å². The molecule has 0 amide bonds. The summed E-state index contributed by atoms with van der Waals surface area (Å²) in [6, 6.07) is 7.09. The van der Waals surface area contributed by atoms with Gasteiger partial charge in [-0.15, -0.1) is 0 Å². The lowest BCUT2D eigenvalue weighted by Gasteiger charge is -2.10. The second kappa shape index (κ2) is 8.66. The molecule has 8 heteroatoms. The Hall–Kier alpha value is -2.61. The van der Waals surface area contributed by atoms with Crippen molar-refractivity contribution >= 4 is 27.8 Å². The normalized spacial score (nSPS) is 11.0. The highest BCUT2D eigenvalue weighted by Crippen LogP contribution is 2.35. The van der Waals surface area contributed by atoms with Crippen LogP contribution in [0.15, 0.2) is 40.9 Å². The lowest BCUT2D eigenvalue weighted by molar-refractivity contribution is -0.0512. The van der Waals surface area contributed by atoms with E-state index in [4.69, 9.17) is 9.47 Å². The van der Waals surface area contributed by atoms with Gasteiger partial charge < -0.3 is 19.3 Å². The maximum absolute atomic E-state index is 12.3. The van der Waals surface area contributed by atoms with Crippen LogP contribution in [-0.4, -0.2) is 31.7 Å². The van der Waals surface area contributed by atoms with Crippen LogP contribution in [0.2, 0.25) is 0 Å². The van der Waals surface area contributed by atoms with Crippen LogP contribution in [0.4, 0.5) is 8.78 Å². The topological polar surface area (TPSA) is 65.0 Å². The van der Waals surface area contributed by atoms with Crippen LogP contribution in [0.1, 0.15) is 15.9 Å². The molecule has 0 saturated heterocycles. The second-order valence-corrected chi connectivity index (χ2v) is 5.85. The minimum atomic E-state index is -2.99. The number of phenolic OH excluding ortho intramolecular Hbond substituents is 1. The summed E-state index contributed by atoms with van der Waals surface area (Å²) in [5, 5.41) is 9.78. The molecule has 0 radical (unpaired) electrons. The van der Waals surface area contributed by atoms with Gasteiger partial charge in [0.05, 0.1) is 18.7 Å². The molecule has 0 spiro atoms. The first kappa shape index (κ1) is 19.7. The molecule has 2 rings (SSSR count). The Morgan fingerprint density at radius 1 is 1.12 bits per heavy atom. The van der Waals surface area contributed by atoms with Gasteiger partial charge in [0.15, 0.2) is 28.8 Å². The third-order valence-electron chi connectivity index (χ3n) is 3.36. The lowest BCUT2D eigenvalue weighted by atomic mass is 10.1.